The minimum absolute atomic E-state index is 0.00381. The van der Waals surface area contributed by atoms with Gasteiger partial charge in [-0.2, -0.15) is 0 Å². The summed E-state index contributed by atoms with van der Waals surface area (Å²) >= 11 is 13.6. The number of ether oxygens (including phenoxy) is 1. The first-order valence-corrected chi connectivity index (χ1v) is 8.49. The SMILES string of the molecule is C[C@@H]1CN(C(=O)c2sc3cc(Cl)ccc3c2Cl)CC(C(=O)O)O1. The van der Waals surface area contributed by atoms with Crippen molar-refractivity contribution in [2.24, 2.45) is 0 Å². The maximum absolute atomic E-state index is 12.8. The number of carbonyl (C=O) groups is 2. The Morgan fingerprint density at radius 1 is 1.35 bits per heavy atom. The van der Waals surface area contributed by atoms with Gasteiger partial charge in [-0.25, -0.2) is 4.79 Å². The van der Waals surface area contributed by atoms with Crippen LogP contribution in [0.25, 0.3) is 10.1 Å². The number of thiophene rings is 1. The molecule has 5 nitrogen and oxygen atoms in total. The van der Waals surface area contributed by atoms with Crippen LogP contribution < -0.4 is 0 Å². The summed E-state index contributed by atoms with van der Waals surface area (Å²) in [4.78, 5) is 25.8. The van der Waals surface area contributed by atoms with Crippen molar-refractivity contribution in [1.29, 1.82) is 0 Å². The van der Waals surface area contributed by atoms with E-state index in [9.17, 15) is 9.59 Å². The number of carboxylic acids is 1. The maximum Gasteiger partial charge on any atom is 0.334 e. The number of hydrogen-bond donors (Lipinski definition) is 1. The van der Waals surface area contributed by atoms with Crippen molar-refractivity contribution in [2.45, 2.75) is 19.1 Å². The van der Waals surface area contributed by atoms with Gasteiger partial charge in [0.15, 0.2) is 6.10 Å². The van der Waals surface area contributed by atoms with Gasteiger partial charge in [0.2, 0.25) is 0 Å². The monoisotopic (exact) mass is 373 g/mol. The third-order valence-electron chi connectivity index (χ3n) is 3.61. The number of nitrogens with zero attached hydrogens (tertiary/aromatic N) is 1. The van der Waals surface area contributed by atoms with E-state index in [1.165, 1.54) is 16.2 Å². The predicted molar refractivity (Wildman–Crippen MR) is 89.7 cm³/mol. The van der Waals surface area contributed by atoms with Crippen LogP contribution in [-0.4, -0.2) is 47.2 Å². The van der Waals surface area contributed by atoms with Gasteiger partial charge in [0.25, 0.3) is 5.91 Å². The van der Waals surface area contributed by atoms with Crippen LogP contribution in [0, 0.1) is 0 Å². The second-order valence-electron chi connectivity index (χ2n) is 5.37. The summed E-state index contributed by atoms with van der Waals surface area (Å²) in [6.07, 6.45) is -1.37. The summed E-state index contributed by atoms with van der Waals surface area (Å²) in [7, 11) is 0. The molecule has 1 fully saturated rings. The smallest absolute Gasteiger partial charge is 0.334 e. The van der Waals surface area contributed by atoms with Crippen LogP contribution in [0.5, 0.6) is 0 Å². The molecule has 23 heavy (non-hydrogen) atoms. The summed E-state index contributed by atoms with van der Waals surface area (Å²) in [6, 6.07) is 5.25. The van der Waals surface area contributed by atoms with Crippen molar-refractivity contribution in [3.8, 4) is 0 Å². The average Bonchev–Trinajstić information content (AvgIpc) is 2.82. The third kappa shape index (κ3) is 3.17. The average molecular weight is 374 g/mol. The van der Waals surface area contributed by atoms with Gasteiger partial charge in [-0.3, -0.25) is 4.79 Å². The molecule has 3 rings (SSSR count). The van der Waals surface area contributed by atoms with Crippen LogP contribution >= 0.6 is 34.5 Å². The van der Waals surface area contributed by atoms with E-state index in [2.05, 4.69) is 0 Å². The molecule has 8 heteroatoms. The Bertz CT molecular complexity index is 791. The number of morpholine rings is 1. The zero-order chi connectivity index (χ0) is 16.7. The van der Waals surface area contributed by atoms with E-state index in [0.717, 1.165) is 10.1 Å². The molecule has 0 spiro atoms. The standard InChI is InChI=1S/C15H13Cl2NO4S/c1-7-5-18(6-10(22-7)15(20)21)14(19)13-12(17)9-3-2-8(16)4-11(9)23-13/h2-4,7,10H,5-6H2,1H3,(H,20,21)/t7-,10?/m1/s1. The number of fused-ring (bicyclic) bond motifs is 1. The zero-order valence-corrected chi connectivity index (χ0v) is 14.4. The topological polar surface area (TPSA) is 66.8 Å². The Labute approximate surface area is 146 Å². The maximum atomic E-state index is 12.8. The number of halogens is 2. The van der Waals surface area contributed by atoms with Crippen molar-refractivity contribution in [1.82, 2.24) is 4.90 Å². The zero-order valence-electron chi connectivity index (χ0n) is 12.1. The molecule has 2 atom stereocenters. The van der Waals surface area contributed by atoms with Gasteiger partial charge < -0.3 is 14.7 Å². The molecule has 1 saturated heterocycles. The molecule has 2 heterocycles. The highest BCUT2D eigenvalue weighted by atomic mass is 35.5. The number of aliphatic carboxylic acids is 1. The lowest BCUT2D eigenvalue weighted by Crippen LogP contribution is -2.51. The summed E-state index contributed by atoms with van der Waals surface area (Å²) in [6.45, 7) is 2.07. The Hall–Kier alpha value is -1.34. The molecule has 0 bridgehead atoms. The number of rotatable bonds is 2. The van der Waals surface area contributed by atoms with E-state index < -0.39 is 12.1 Å². The predicted octanol–water partition coefficient (Wildman–Crippen LogP) is 3.52. The second kappa shape index (κ2) is 6.28. The molecule has 0 saturated carbocycles. The van der Waals surface area contributed by atoms with E-state index in [4.69, 9.17) is 33.0 Å². The Morgan fingerprint density at radius 2 is 2.09 bits per heavy atom. The van der Waals surface area contributed by atoms with Gasteiger partial charge in [-0.05, 0) is 19.1 Å². The first-order valence-electron chi connectivity index (χ1n) is 6.92. The molecular formula is C15H13Cl2NO4S. The van der Waals surface area contributed by atoms with E-state index >= 15 is 0 Å². The minimum Gasteiger partial charge on any atom is -0.479 e. The van der Waals surface area contributed by atoms with Crippen molar-refractivity contribution < 1.29 is 19.4 Å². The Morgan fingerprint density at radius 3 is 2.78 bits per heavy atom. The van der Waals surface area contributed by atoms with Crippen molar-refractivity contribution in [3.63, 3.8) is 0 Å². The van der Waals surface area contributed by atoms with Crippen LogP contribution in [0.1, 0.15) is 16.6 Å². The van der Waals surface area contributed by atoms with Gasteiger partial charge in [0, 0.05) is 21.7 Å². The third-order valence-corrected chi connectivity index (χ3v) is 5.49. The van der Waals surface area contributed by atoms with Crippen LogP contribution in [0.4, 0.5) is 0 Å². The van der Waals surface area contributed by atoms with Gasteiger partial charge in [-0.1, -0.05) is 29.3 Å². The minimum atomic E-state index is -1.08. The molecule has 2 aromatic rings. The van der Waals surface area contributed by atoms with E-state index in [1.54, 1.807) is 25.1 Å². The molecule has 0 aliphatic carbocycles. The molecule has 1 aliphatic rings. The Kier molecular flexibility index (Phi) is 4.51. The number of carboxylic acid groups (broad SMARTS) is 1. The van der Waals surface area contributed by atoms with Gasteiger partial charge in [-0.15, -0.1) is 11.3 Å². The van der Waals surface area contributed by atoms with Crippen molar-refractivity contribution in [3.05, 3.63) is 33.1 Å². The highest BCUT2D eigenvalue weighted by Crippen LogP contribution is 2.37. The summed E-state index contributed by atoms with van der Waals surface area (Å²) in [5, 5.41) is 10.8. The molecule has 1 unspecified atom stereocenters. The fraction of sp³-hybridized carbons (Fsp3) is 0.333. The van der Waals surface area contributed by atoms with Gasteiger partial charge >= 0.3 is 5.97 Å². The first kappa shape index (κ1) is 16.5. The van der Waals surface area contributed by atoms with Gasteiger partial charge in [0.05, 0.1) is 17.7 Å². The van der Waals surface area contributed by atoms with Crippen LogP contribution in [0.15, 0.2) is 18.2 Å². The lowest BCUT2D eigenvalue weighted by atomic mass is 10.2. The second-order valence-corrected chi connectivity index (χ2v) is 7.24. The van der Waals surface area contributed by atoms with E-state index in [-0.39, 0.29) is 18.6 Å². The highest BCUT2D eigenvalue weighted by Gasteiger charge is 2.34. The van der Waals surface area contributed by atoms with Crippen LogP contribution in [0.3, 0.4) is 0 Å². The number of carbonyl (C=O) groups excluding carboxylic acids is 1. The van der Waals surface area contributed by atoms with Crippen molar-refractivity contribution >= 4 is 56.5 Å². The summed E-state index contributed by atoms with van der Waals surface area (Å²) < 4.78 is 6.15. The largest absolute Gasteiger partial charge is 0.479 e. The fourth-order valence-corrected chi connectivity index (χ4v) is 4.33. The Balaban J connectivity index is 1.93. The van der Waals surface area contributed by atoms with E-state index in [1.807, 2.05) is 0 Å². The fourth-order valence-electron chi connectivity index (χ4n) is 2.57. The van der Waals surface area contributed by atoms with Gasteiger partial charge in [0.1, 0.15) is 4.88 Å². The lowest BCUT2D eigenvalue weighted by Gasteiger charge is -2.34. The normalized spacial score (nSPS) is 21.6. The molecule has 1 N–H and O–H groups in total. The quantitative estimate of drug-likeness (QED) is 0.874. The first-order chi connectivity index (χ1) is 10.9. The molecule has 1 aromatic heterocycles. The molecule has 122 valence electrons. The number of hydrogen-bond acceptors (Lipinski definition) is 4. The molecule has 1 aromatic carbocycles. The summed E-state index contributed by atoms with van der Waals surface area (Å²) in [5.41, 5.74) is 0. The molecule has 1 aliphatic heterocycles. The number of benzene rings is 1. The van der Waals surface area contributed by atoms with Crippen LogP contribution in [-0.2, 0) is 9.53 Å². The molecule has 0 radical (unpaired) electrons. The van der Waals surface area contributed by atoms with E-state index in [0.29, 0.717) is 21.5 Å². The highest BCUT2D eigenvalue weighted by molar-refractivity contribution is 7.21. The molecule has 1 amide bonds. The number of amides is 1. The van der Waals surface area contributed by atoms with Crippen molar-refractivity contribution in [2.75, 3.05) is 13.1 Å². The van der Waals surface area contributed by atoms with Crippen LogP contribution in [0.2, 0.25) is 10.0 Å². The molecular weight excluding hydrogens is 361 g/mol. The lowest BCUT2D eigenvalue weighted by molar-refractivity contribution is -0.160. The summed E-state index contributed by atoms with van der Waals surface area (Å²) in [5.74, 6) is -1.36.